The summed E-state index contributed by atoms with van der Waals surface area (Å²) >= 11 is 0. The molecule has 0 bridgehead atoms. The van der Waals surface area contributed by atoms with Gasteiger partial charge in [-0.2, -0.15) is 16.8 Å². The molecule has 232 valence electrons. The molecule has 0 saturated heterocycles. The molecular weight excluding hydrogens is 543 g/mol. The number of unbranched alkanes of at least 4 members (excludes halogenated alkanes) is 20. The summed E-state index contributed by atoms with van der Waals surface area (Å²) in [7, 11) is -8.90. The predicted molar refractivity (Wildman–Crippen MR) is 161 cm³/mol. The van der Waals surface area contributed by atoms with Crippen molar-refractivity contribution in [2.45, 2.75) is 162 Å². The summed E-state index contributed by atoms with van der Waals surface area (Å²) in [5, 5.41) is 0. The Hall–Kier alpha value is 0.700. The van der Waals surface area contributed by atoms with Crippen LogP contribution in [0.3, 0.4) is 0 Å². The molecular formula is C26H61NaO9S2. The van der Waals surface area contributed by atoms with Crippen LogP contribution in [0.2, 0.25) is 0 Å². The van der Waals surface area contributed by atoms with E-state index in [-0.39, 0.29) is 41.6 Å². The molecule has 5 N–H and O–H groups in total. The van der Waals surface area contributed by atoms with Crippen molar-refractivity contribution >= 4 is 50.4 Å². The van der Waals surface area contributed by atoms with E-state index in [4.69, 9.17) is 22.1 Å². The van der Waals surface area contributed by atoms with Gasteiger partial charge in [0.2, 0.25) is 0 Å². The van der Waals surface area contributed by atoms with Crippen molar-refractivity contribution in [2.75, 3.05) is 6.61 Å². The first-order valence-electron chi connectivity index (χ1n) is 14.3. The molecule has 0 aromatic heterocycles. The van der Waals surface area contributed by atoms with Crippen LogP contribution in [-0.2, 0) is 25.0 Å². The third kappa shape index (κ3) is 70.8. The van der Waals surface area contributed by atoms with Gasteiger partial charge in [0, 0.05) is 0 Å². The molecule has 9 nitrogen and oxygen atoms in total. The van der Waals surface area contributed by atoms with Crippen LogP contribution in [0.1, 0.15) is 162 Å². The van der Waals surface area contributed by atoms with Gasteiger partial charge in [-0.05, 0) is 6.42 Å². The second-order valence-corrected chi connectivity index (χ2v) is 11.4. The number of hydrogen-bond acceptors (Lipinski definition) is 5. The van der Waals surface area contributed by atoms with Crippen molar-refractivity contribution < 1.29 is 40.2 Å². The summed E-state index contributed by atoms with van der Waals surface area (Å²) in [6.45, 7) is 6.88. The molecule has 0 aromatic carbocycles. The molecule has 0 aliphatic carbocycles. The molecule has 0 fully saturated rings. The molecule has 0 spiro atoms. The van der Waals surface area contributed by atoms with Crippen LogP contribution < -0.4 is 0 Å². The van der Waals surface area contributed by atoms with E-state index in [0.29, 0.717) is 6.42 Å². The molecule has 0 heterocycles. The summed E-state index contributed by atoms with van der Waals surface area (Å²) in [6, 6.07) is 0. The summed E-state index contributed by atoms with van der Waals surface area (Å²) in [6.07, 6.45) is 29.3. The number of rotatable bonds is 23. The first-order valence-corrected chi connectivity index (χ1v) is 17.1. The topological polar surface area (TPSA) is 170 Å². The van der Waals surface area contributed by atoms with Gasteiger partial charge in [0.05, 0.1) is 6.61 Å². The monoisotopic (exact) mass is 604 g/mol. The summed E-state index contributed by atoms with van der Waals surface area (Å²) < 4.78 is 64.6. The van der Waals surface area contributed by atoms with Crippen LogP contribution in [0.25, 0.3) is 0 Å². The fourth-order valence-corrected chi connectivity index (χ4v) is 4.00. The van der Waals surface area contributed by atoms with E-state index in [1.807, 2.05) is 0 Å². The van der Waals surface area contributed by atoms with Crippen LogP contribution in [0, 0.1) is 0 Å². The second kappa shape index (κ2) is 37.7. The molecule has 0 rings (SSSR count). The quantitative estimate of drug-likeness (QED) is 0.0619. The Morgan fingerprint density at radius 3 is 0.816 bits per heavy atom. The minimum atomic E-state index is -4.67. The maximum absolute atomic E-state index is 10.2. The van der Waals surface area contributed by atoms with Crippen LogP contribution >= 0.6 is 0 Å². The molecule has 0 aliphatic heterocycles. The average Bonchev–Trinajstić information content (AvgIpc) is 2.77. The summed E-state index contributed by atoms with van der Waals surface area (Å²) in [5.74, 6) is 0. The van der Waals surface area contributed by atoms with Crippen molar-refractivity contribution in [1.82, 2.24) is 0 Å². The van der Waals surface area contributed by atoms with Crippen molar-refractivity contribution in [1.29, 1.82) is 0 Å². The zero-order valence-corrected chi connectivity index (χ0v) is 25.6. The fourth-order valence-electron chi connectivity index (χ4n) is 3.67. The van der Waals surface area contributed by atoms with Crippen molar-refractivity contribution in [2.24, 2.45) is 0 Å². The Bertz CT molecular complexity index is 596. The zero-order valence-electron chi connectivity index (χ0n) is 24.0. The average molecular weight is 605 g/mol. The van der Waals surface area contributed by atoms with Gasteiger partial charge in [-0.3, -0.25) is 13.7 Å². The van der Waals surface area contributed by atoms with Crippen molar-refractivity contribution in [3.63, 3.8) is 0 Å². The Kier molecular flexibility index (Phi) is 48.0. The van der Waals surface area contributed by atoms with Crippen molar-refractivity contribution in [3.05, 3.63) is 0 Å². The number of hydrogen-bond donors (Lipinski definition) is 3. The van der Waals surface area contributed by atoms with E-state index < -0.39 is 20.8 Å². The van der Waals surface area contributed by atoms with E-state index in [0.717, 1.165) is 12.8 Å². The van der Waals surface area contributed by atoms with E-state index >= 15 is 0 Å². The third-order valence-corrected chi connectivity index (χ3v) is 6.15. The molecule has 0 aromatic rings. The molecule has 0 saturated carbocycles. The van der Waals surface area contributed by atoms with Gasteiger partial charge < -0.3 is 5.48 Å². The zero-order chi connectivity index (χ0) is 28.0. The predicted octanol–water partition coefficient (Wildman–Crippen LogP) is 7.31. The molecule has 12 heteroatoms. The normalized spacial score (nSPS) is 10.8. The maximum atomic E-state index is 10.2. The molecule has 38 heavy (non-hydrogen) atoms. The standard InChI is InChI=1S/C14H30.C12H26O4S.Na.H2O4S.H2O.H/c1-3-5-7-9-11-13-14-12-10-8-6-4-2;1-2-3-4-5-6-7-8-9-10-11-12-16-17(13,14)15;;1-5(2,3)4;;/h3-14H2,1-2H3;2-12H2,1H3,(H,13,14,15);;(H2,1,2,3,4);1H2;. The van der Waals surface area contributed by atoms with Gasteiger partial charge in [0.15, 0.2) is 0 Å². The Morgan fingerprint density at radius 1 is 0.447 bits per heavy atom. The van der Waals surface area contributed by atoms with Gasteiger partial charge in [-0.15, -0.1) is 0 Å². The molecule has 0 amide bonds. The SMILES string of the molecule is CCCCCCCCCCCCCC.CCCCCCCCCCCCOS(=O)(=O)O.O.O=S(=O)(O)O.[NaH]. The third-order valence-electron chi connectivity index (χ3n) is 5.69. The molecule has 0 atom stereocenters. The second-order valence-electron chi connectivity index (χ2n) is 9.42. The van der Waals surface area contributed by atoms with Gasteiger partial charge in [0.1, 0.15) is 0 Å². The van der Waals surface area contributed by atoms with Gasteiger partial charge in [-0.25, -0.2) is 4.18 Å². The first-order chi connectivity index (χ1) is 17.0. The van der Waals surface area contributed by atoms with Crippen LogP contribution in [0.15, 0.2) is 0 Å². The molecule has 0 radical (unpaired) electrons. The Balaban J connectivity index is -0.000000157. The first kappa shape index (κ1) is 48.4. The van der Waals surface area contributed by atoms with E-state index in [1.54, 1.807) is 0 Å². The van der Waals surface area contributed by atoms with Crippen LogP contribution in [-0.4, -0.2) is 72.1 Å². The van der Waals surface area contributed by atoms with E-state index in [9.17, 15) is 8.42 Å². The minimum absolute atomic E-state index is 0. The van der Waals surface area contributed by atoms with Gasteiger partial charge in [0.25, 0.3) is 0 Å². The Labute approximate surface area is 257 Å². The van der Waals surface area contributed by atoms with Gasteiger partial charge >= 0.3 is 50.4 Å². The fraction of sp³-hybridized carbons (Fsp3) is 1.00. The van der Waals surface area contributed by atoms with Gasteiger partial charge in [-0.1, -0.05) is 156 Å². The van der Waals surface area contributed by atoms with E-state index in [1.165, 1.54) is 122 Å². The van der Waals surface area contributed by atoms with E-state index in [2.05, 4.69) is 25.0 Å². The Morgan fingerprint density at radius 2 is 0.632 bits per heavy atom. The summed E-state index contributed by atoms with van der Waals surface area (Å²) in [4.78, 5) is 0. The van der Waals surface area contributed by atoms with Crippen LogP contribution in [0.5, 0.6) is 0 Å². The summed E-state index contributed by atoms with van der Waals surface area (Å²) in [5.41, 5.74) is 0. The molecule has 0 aliphatic rings. The van der Waals surface area contributed by atoms with Crippen molar-refractivity contribution in [3.8, 4) is 0 Å². The molecule has 0 unspecified atom stereocenters. The van der Waals surface area contributed by atoms with Crippen LogP contribution in [0.4, 0.5) is 0 Å².